The van der Waals surface area contributed by atoms with Gasteiger partial charge in [0.05, 0.1) is 35.9 Å². The molecular weight excluding hydrogens is 611 g/mol. The van der Waals surface area contributed by atoms with Crippen LogP contribution in [0.1, 0.15) is 68.3 Å². The Balaban J connectivity index is 1.32. The Morgan fingerprint density at radius 3 is 2.36 bits per heavy atom. The summed E-state index contributed by atoms with van der Waals surface area (Å²) in [4.78, 5) is 33.3. The van der Waals surface area contributed by atoms with Gasteiger partial charge in [-0.3, -0.25) is 4.72 Å². The molecule has 0 bridgehead atoms. The zero-order valence-electron chi connectivity index (χ0n) is 28.3. The van der Waals surface area contributed by atoms with Gasteiger partial charge in [-0.05, 0) is 72.4 Å². The van der Waals surface area contributed by atoms with E-state index in [1.54, 1.807) is 18.2 Å². The number of aromatic carboxylic acids is 1. The zero-order chi connectivity index (χ0) is 33.8. The van der Waals surface area contributed by atoms with E-state index in [0.29, 0.717) is 30.4 Å². The summed E-state index contributed by atoms with van der Waals surface area (Å²) in [6.07, 6.45) is 4.69. The minimum Gasteiger partial charge on any atom is -0.478 e. The van der Waals surface area contributed by atoms with Gasteiger partial charge >= 0.3 is 5.97 Å². The first kappa shape index (κ1) is 34.1. The fraction of sp³-hybridized carbons (Fsp3) is 0.417. The van der Waals surface area contributed by atoms with Crippen LogP contribution in [0.2, 0.25) is 0 Å². The van der Waals surface area contributed by atoms with Crippen LogP contribution in [-0.2, 0) is 6.54 Å². The third-order valence-electron chi connectivity index (χ3n) is 7.92. The molecule has 1 fully saturated rings. The summed E-state index contributed by atoms with van der Waals surface area (Å²) in [6.45, 7) is 18.2. The molecule has 1 aliphatic rings. The molecule has 3 heterocycles. The van der Waals surface area contributed by atoms with Crippen molar-refractivity contribution < 1.29 is 14.6 Å². The van der Waals surface area contributed by atoms with Crippen molar-refractivity contribution in [1.82, 2.24) is 25.3 Å². The van der Waals surface area contributed by atoms with Crippen LogP contribution in [0.5, 0.6) is 5.88 Å². The summed E-state index contributed by atoms with van der Waals surface area (Å²) in [6, 6.07) is 14.8. The summed E-state index contributed by atoms with van der Waals surface area (Å²) in [5.41, 5.74) is 5.62. The molecule has 1 aliphatic heterocycles. The normalized spacial score (nSPS) is 14.7. The second kappa shape index (κ2) is 14.3. The number of rotatable bonds is 13. The lowest BCUT2D eigenvalue weighted by molar-refractivity contribution is 0.0696. The van der Waals surface area contributed by atoms with E-state index >= 15 is 0 Å². The van der Waals surface area contributed by atoms with Crippen LogP contribution >= 0.6 is 11.9 Å². The highest BCUT2D eigenvalue weighted by Gasteiger charge is 2.34. The fourth-order valence-electron chi connectivity index (χ4n) is 5.81. The van der Waals surface area contributed by atoms with Gasteiger partial charge in [0.15, 0.2) is 0 Å². The van der Waals surface area contributed by atoms with Gasteiger partial charge in [-0.15, -0.1) is 0 Å². The van der Waals surface area contributed by atoms with Crippen LogP contribution < -0.4 is 19.7 Å². The van der Waals surface area contributed by atoms with Gasteiger partial charge in [0, 0.05) is 35.7 Å². The first-order valence-electron chi connectivity index (χ1n) is 15.9. The fourth-order valence-corrected chi connectivity index (χ4v) is 6.44. The molecule has 5 rings (SSSR count). The van der Waals surface area contributed by atoms with Crippen molar-refractivity contribution in [2.75, 3.05) is 29.3 Å². The van der Waals surface area contributed by atoms with Gasteiger partial charge in [-0.2, -0.15) is 4.98 Å². The quantitative estimate of drug-likeness (QED) is 0.127. The molecule has 1 atom stereocenters. The average molecular weight is 656 g/mol. The van der Waals surface area contributed by atoms with Gasteiger partial charge in [-0.25, -0.2) is 19.7 Å². The van der Waals surface area contributed by atoms with Gasteiger partial charge in [0.25, 0.3) is 0 Å². The van der Waals surface area contributed by atoms with Crippen molar-refractivity contribution in [3.05, 3.63) is 83.4 Å². The summed E-state index contributed by atoms with van der Waals surface area (Å²) in [5.74, 6) is 0.570. The SMILES string of the molecule is Cc1cccc(C)c1-c1cc(OCC(CC(C)(C)C)NCc2ncc(N3CC(C)(C)C3)cn2)nc(NSc2cccc(C(=O)O)c2)n1. The summed E-state index contributed by atoms with van der Waals surface area (Å²) >= 11 is 1.25. The van der Waals surface area contributed by atoms with Crippen molar-refractivity contribution in [3.8, 4) is 17.1 Å². The van der Waals surface area contributed by atoms with Crippen LogP contribution in [-0.4, -0.2) is 56.7 Å². The number of hydrogen-bond acceptors (Lipinski definition) is 10. The second-order valence-corrected chi connectivity index (χ2v) is 15.1. The molecule has 1 saturated heterocycles. The third kappa shape index (κ3) is 9.42. The lowest BCUT2D eigenvalue weighted by Gasteiger charge is -2.47. The molecular formula is C36H45N7O3S. The molecule has 2 aromatic carbocycles. The summed E-state index contributed by atoms with van der Waals surface area (Å²) in [5, 5.41) is 13.0. The molecule has 11 heteroatoms. The minimum absolute atomic E-state index is 0.0117. The summed E-state index contributed by atoms with van der Waals surface area (Å²) in [7, 11) is 0. The molecule has 0 amide bonds. The third-order valence-corrected chi connectivity index (χ3v) is 8.69. The Bertz CT molecular complexity index is 1680. The monoisotopic (exact) mass is 655 g/mol. The average Bonchev–Trinajstić information content (AvgIpc) is 3.00. The van der Waals surface area contributed by atoms with E-state index < -0.39 is 5.97 Å². The van der Waals surface area contributed by atoms with Crippen LogP contribution in [0.15, 0.2) is 65.8 Å². The van der Waals surface area contributed by atoms with E-state index in [0.717, 1.165) is 58.3 Å². The summed E-state index contributed by atoms with van der Waals surface area (Å²) < 4.78 is 9.59. The number of aryl methyl sites for hydroxylation is 2. The predicted octanol–water partition coefficient (Wildman–Crippen LogP) is 7.19. The number of benzene rings is 2. The van der Waals surface area contributed by atoms with Crippen molar-refractivity contribution in [2.45, 2.75) is 72.4 Å². The standard InChI is InChI=1S/C36H45N7O3S/c1-23-10-8-11-24(2)32(23)29-15-31(41-34(40-29)42-47-28-13-9-12-25(14-28)33(44)45)46-20-26(16-35(3,4)5)37-19-30-38-17-27(18-39-30)43-21-36(6,7)22-43/h8-15,17-18,26,37H,16,19-22H2,1-7H3,(H,44,45)(H,40,41,42). The number of carbonyl (C=O) groups is 1. The van der Waals surface area contributed by atoms with E-state index in [1.165, 1.54) is 11.9 Å². The topological polar surface area (TPSA) is 125 Å². The molecule has 0 aliphatic carbocycles. The van der Waals surface area contributed by atoms with Gasteiger partial charge in [0.1, 0.15) is 12.4 Å². The molecule has 248 valence electrons. The lowest BCUT2D eigenvalue weighted by atomic mass is 9.84. The Hall–Kier alpha value is -4.22. The Morgan fingerprint density at radius 2 is 1.72 bits per heavy atom. The maximum Gasteiger partial charge on any atom is 0.335 e. The number of anilines is 2. The van der Waals surface area contributed by atoms with Crippen LogP contribution in [0.4, 0.5) is 11.6 Å². The molecule has 0 radical (unpaired) electrons. The molecule has 10 nitrogen and oxygen atoms in total. The van der Waals surface area contributed by atoms with E-state index in [4.69, 9.17) is 9.72 Å². The zero-order valence-corrected chi connectivity index (χ0v) is 29.1. The van der Waals surface area contributed by atoms with Gasteiger partial charge in [-0.1, -0.05) is 58.9 Å². The van der Waals surface area contributed by atoms with Crippen molar-refractivity contribution >= 4 is 29.6 Å². The first-order valence-corrected chi connectivity index (χ1v) is 16.7. The maximum absolute atomic E-state index is 11.5. The minimum atomic E-state index is -0.978. The molecule has 2 aromatic heterocycles. The highest BCUT2D eigenvalue weighted by atomic mass is 32.2. The Kier molecular flexibility index (Phi) is 10.4. The van der Waals surface area contributed by atoms with Gasteiger partial charge < -0.3 is 20.1 Å². The van der Waals surface area contributed by atoms with Crippen LogP contribution in [0.25, 0.3) is 11.3 Å². The number of carboxylic acids is 1. The molecule has 47 heavy (non-hydrogen) atoms. The lowest BCUT2D eigenvalue weighted by Crippen LogP contribution is -2.53. The smallest absolute Gasteiger partial charge is 0.335 e. The maximum atomic E-state index is 11.5. The van der Waals surface area contributed by atoms with Crippen molar-refractivity contribution in [2.24, 2.45) is 10.8 Å². The molecule has 1 unspecified atom stereocenters. The number of hydrogen-bond donors (Lipinski definition) is 3. The Labute approximate surface area is 282 Å². The number of nitrogens with one attached hydrogen (secondary N) is 2. The van der Waals surface area contributed by atoms with Crippen LogP contribution in [0.3, 0.4) is 0 Å². The number of ether oxygens (including phenoxy) is 1. The van der Waals surface area contributed by atoms with Crippen LogP contribution in [0, 0.1) is 24.7 Å². The highest BCUT2D eigenvalue weighted by Crippen LogP contribution is 2.33. The highest BCUT2D eigenvalue weighted by molar-refractivity contribution is 8.00. The van der Waals surface area contributed by atoms with Crippen molar-refractivity contribution in [1.29, 1.82) is 0 Å². The van der Waals surface area contributed by atoms with E-state index in [9.17, 15) is 9.90 Å². The van der Waals surface area contributed by atoms with E-state index in [2.05, 4.69) is 90.5 Å². The Morgan fingerprint density at radius 1 is 1.04 bits per heavy atom. The number of aromatic nitrogens is 4. The van der Waals surface area contributed by atoms with Crippen molar-refractivity contribution in [3.63, 3.8) is 0 Å². The van der Waals surface area contributed by atoms with E-state index in [-0.39, 0.29) is 17.0 Å². The first-order chi connectivity index (χ1) is 22.2. The van der Waals surface area contributed by atoms with E-state index in [1.807, 2.05) is 30.6 Å². The second-order valence-electron chi connectivity index (χ2n) is 14.3. The van der Waals surface area contributed by atoms with Gasteiger partial charge in [0.2, 0.25) is 11.8 Å². The predicted molar refractivity (Wildman–Crippen MR) is 188 cm³/mol. The number of nitrogens with zero attached hydrogens (tertiary/aromatic N) is 5. The largest absolute Gasteiger partial charge is 0.478 e. The number of carboxylic acid groups (broad SMARTS) is 1. The molecule has 4 aromatic rings. The molecule has 0 saturated carbocycles. The molecule has 0 spiro atoms. The molecule has 3 N–H and O–H groups in total.